The number of hydrogen-bond acceptors (Lipinski definition) is 2. The fourth-order valence-electron chi connectivity index (χ4n) is 2.01. The molecule has 0 radical (unpaired) electrons. The monoisotopic (exact) mass is 186 g/mol. The van der Waals surface area contributed by atoms with E-state index in [0.717, 1.165) is 5.54 Å². The molecule has 0 heterocycles. The Balaban J connectivity index is 2.24. The van der Waals surface area contributed by atoms with Gasteiger partial charge in [0.25, 0.3) is 0 Å². The largest absolute Gasteiger partial charge is 0.341 e. The fourth-order valence-corrected chi connectivity index (χ4v) is 4.25. The Bertz CT molecular complexity index is 122. The Morgan fingerprint density at radius 3 is 2.33 bits per heavy atom. The minimum Gasteiger partial charge on any atom is -0.341 e. The molecular weight excluding hydrogens is 164 g/mol. The molecule has 1 unspecified atom stereocenters. The zero-order chi connectivity index (χ0) is 8.97. The quantitative estimate of drug-likeness (QED) is 0.656. The van der Waals surface area contributed by atoms with Crippen molar-refractivity contribution in [2.24, 2.45) is 5.40 Å². The first-order valence-electron chi connectivity index (χ1n) is 5.22. The molecule has 0 aromatic heterocycles. The second-order valence-electron chi connectivity index (χ2n) is 4.25. The van der Waals surface area contributed by atoms with Crippen molar-refractivity contribution in [3.8, 4) is 0 Å². The molecule has 0 bridgehead atoms. The standard InChI is InChI=1S/C9H22N2Si/c1-8(2)11-12(10)9-6-4-3-5-7-9/h8-9,11-12H,3-7,10H2,1-2H3. The average Bonchev–Trinajstić information content (AvgIpc) is 2.05. The van der Waals surface area contributed by atoms with Gasteiger partial charge in [0, 0.05) is 0 Å². The summed E-state index contributed by atoms with van der Waals surface area (Å²) in [5.41, 5.74) is 0.862. The van der Waals surface area contributed by atoms with Crippen molar-refractivity contribution < 1.29 is 0 Å². The van der Waals surface area contributed by atoms with Gasteiger partial charge in [-0.3, -0.25) is 0 Å². The summed E-state index contributed by atoms with van der Waals surface area (Å²) >= 11 is 0. The van der Waals surface area contributed by atoms with E-state index in [2.05, 4.69) is 18.8 Å². The first-order valence-corrected chi connectivity index (χ1v) is 7.13. The van der Waals surface area contributed by atoms with Crippen LogP contribution in [0.15, 0.2) is 0 Å². The molecule has 0 aliphatic heterocycles. The lowest BCUT2D eigenvalue weighted by Crippen LogP contribution is -2.50. The third-order valence-electron chi connectivity index (χ3n) is 2.68. The molecule has 3 N–H and O–H groups in total. The second-order valence-corrected chi connectivity index (χ2v) is 6.57. The van der Waals surface area contributed by atoms with E-state index in [1.54, 1.807) is 0 Å². The van der Waals surface area contributed by atoms with Crippen molar-refractivity contribution in [3.63, 3.8) is 0 Å². The van der Waals surface area contributed by atoms with Gasteiger partial charge in [-0.15, -0.1) is 0 Å². The first kappa shape index (κ1) is 10.2. The molecule has 1 atom stereocenters. The predicted molar refractivity (Wildman–Crippen MR) is 56.4 cm³/mol. The average molecular weight is 186 g/mol. The minimum atomic E-state index is -1.09. The molecule has 1 aliphatic rings. The van der Waals surface area contributed by atoms with E-state index in [-0.39, 0.29) is 0 Å². The van der Waals surface area contributed by atoms with Crippen molar-refractivity contribution in [3.05, 3.63) is 0 Å². The highest BCUT2D eigenvalue weighted by Crippen LogP contribution is 2.28. The number of nitrogens with one attached hydrogen (secondary N) is 1. The molecule has 0 spiro atoms. The van der Waals surface area contributed by atoms with Crippen LogP contribution in [0.4, 0.5) is 0 Å². The fraction of sp³-hybridized carbons (Fsp3) is 1.00. The van der Waals surface area contributed by atoms with Crippen LogP contribution in [0, 0.1) is 0 Å². The molecule has 0 saturated heterocycles. The lowest BCUT2D eigenvalue weighted by molar-refractivity contribution is 0.488. The van der Waals surface area contributed by atoms with E-state index in [1.807, 2.05) is 0 Å². The molecule has 12 heavy (non-hydrogen) atoms. The molecule has 72 valence electrons. The van der Waals surface area contributed by atoms with Gasteiger partial charge in [0.15, 0.2) is 9.12 Å². The molecule has 1 saturated carbocycles. The van der Waals surface area contributed by atoms with E-state index < -0.39 is 9.12 Å². The summed E-state index contributed by atoms with van der Waals surface area (Å²) in [4.78, 5) is 3.53. The topological polar surface area (TPSA) is 38.0 Å². The molecule has 0 aromatic carbocycles. The van der Waals surface area contributed by atoms with Gasteiger partial charge in [-0.2, -0.15) is 0 Å². The second kappa shape index (κ2) is 4.99. The highest BCUT2D eigenvalue weighted by atomic mass is 28.3. The van der Waals surface area contributed by atoms with E-state index >= 15 is 0 Å². The van der Waals surface area contributed by atoms with Gasteiger partial charge in [0.2, 0.25) is 0 Å². The Kier molecular flexibility index (Phi) is 4.25. The van der Waals surface area contributed by atoms with Crippen molar-refractivity contribution >= 4 is 9.12 Å². The Morgan fingerprint density at radius 2 is 1.83 bits per heavy atom. The van der Waals surface area contributed by atoms with Crippen molar-refractivity contribution in [2.45, 2.75) is 57.5 Å². The van der Waals surface area contributed by atoms with Crippen molar-refractivity contribution in [1.82, 2.24) is 4.98 Å². The van der Waals surface area contributed by atoms with Crippen LogP contribution in [-0.2, 0) is 0 Å². The van der Waals surface area contributed by atoms with Crippen LogP contribution in [-0.4, -0.2) is 15.2 Å². The maximum absolute atomic E-state index is 6.18. The summed E-state index contributed by atoms with van der Waals surface area (Å²) < 4.78 is 0. The van der Waals surface area contributed by atoms with Crippen LogP contribution in [0.5, 0.6) is 0 Å². The van der Waals surface area contributed by atoms with Crippen molar-refractivity contribution in [2.75, 3.05) is 0 Å². The molecule has 0 amide bonds. The van der Waals surface area contributed by atoms with Crippen LogP contribution in [0.3, 0.4) is 0 Å². The van der Waals surface area contributed by atoms with E-state index in [1.165, 1.54) is 32.1 Å². The molecular formula is C9H22N2Si. The molecule has 3 heteroatoms. The first-order chi connectivity index (χ1) is 5.70. The molecule has 1 fully saturated rings. The Labute approximate surface area is 77.7 Å². The van der Waals surface area contributed by atoms with E-state index in [4.69, 9.17) is 5.40 Å². The summed E-state index contributed by atoms with van der Waals surface area (Å²) in [6.45, 7) is 4.38. The summed E-state index contributed by atoms with van der Waals surface area (Å²) in [7, 11) is -1.09. The third-order valence-corrected chi connectivity index (χ3v) is 5.42. The summed E-state index contributed by atoms with van der Waals surface area (Å²) in [6, 6.07) is 0.577. The minimum absolute atomic E-state index is 0.577. The molecule has 1 rings (SSSR count). The van der Waals surface area contributed by atoms with Gasteiger partial charge in [0.05, 0.1) is 0 Å². The smallest absolute Gasteiger partial charge is 0.185 e. The zero-order valence-corrected chi connectivity index (χ0v) is 9.50. The highest BCUT2D eigenvalue weighted by Gasteiger charge is 2.22. The number of nitrogens with two attached hydrogens (primary N) is 1. The summed E-state index contributed by atoms with van der Waals surface area (Å²) in [6.07, 6.45) is 7.01. The molecule has 0 aromatic rings. The van der Waals surface area contributed by atoms with Gasteiger partial charge < -0.3 is 10.4 Å². The molecule has 2 nitrogen and oxygen atoms in total. The predicted octanol–water partition coefficient (Wildman–Crippen LogP) is 1.50. The lowest BCUT2D eigenvalue weighted by Gasteiger charge is -2.27. The van der Waals surface area contributed by atoms with Crippen LogP contribution in [0.1, 0.15) is 46.0 Å². The zero-order valence-electron chi connectivity index (χ0n) is 8.34. The maximum atomic E-state index is 6.18. The van der Waals surface area contributed by atoms with Gasteiger partial charge >= 0.3 is 0 Å². The van der Waals surface area contributed by atoms with Gasteiger partial charge in [-0.1, -0.05) is 46.0 Å². The van der Waals surface area contributed by atoms with Crippen LogP contribution in [0.25, 0.3) is 0 Å². The van der Waals surface area contributed by atoms with E-state index in [9.17, 15) is 0 Å². The van der Waals surface area contributed by atoms with Crippen LogP contribution >= 0.6 is 0 Å². The van der Waals surface area contributed by atoms with Gasteiger partial charge in [-0.25, -0.2) is 0 Å². The summed E-state index contributed by atoms with van der Waals surface area (Å²) in [5, 5.41) is 6.18. The van der Waals surface area contributed by atoms with Gasteiger partial charge in [0.1, 0.15) is 0 Å². The molecule has 1 aliphatic carbocycles. The third kappa shape index (κ3) is 3.25. The highest BCUT2D eigenvalue weighted by molar-refractivity contribution is 6.54. The van der Waals surface area contributed by atoms with Crippen LogP contribution in [0.2, 0.25) is 5.54 Å². The van der Waals surface area contributed by atoms with E-state index in [0.29, 0.717) is 6.04 Å². The van der Waals surface area contributed by atoms with Crippen molar-refractivity contribution in [1.29, 1.82) is 0 Å². The lowest BCUT2D eigenvalue weighted by atomic mass is 10.0. The number of rotatable bonds is 3. The normalized spacial score (nSPS) is 23.0. The Morgan fingerprint density at radius 1 is 1.25 bits per heavy atom. The van der Waals surface area contributed by atoms with Gasteiger partial charge in [-0.05, 0) is 11.6 Å². The van der Waals surface area contributed by atoms with Crippen LogP contribution < -0.4 is 10.4 Å². The number of hydrogen-bond donors (Lipinski definition) is 2. The summed E-state index contributed by atoms with van der Waals surface area (Å²) in [5.74, 6) is 0. The SMILES string of the molecule is CC(C)N[SiH](N)C1CCCCC1. The Hall–Kier alpha value is 0.137. The maximum Gasteiger partial charge on any atom is 0.185 e.